The average molecular weight is 196 g/mol. The van der Waals surface area contributed by atoms with Crippen LogP contribution in [0.3, 0.4) is 0 Å². The van der Waals surface area contributed by atoms with E-state index < -0.39 is 5.79 Å². The number of allylic oxidation sites excluding steroid dienone is 1. The monoisotopic (exact) mass is 196 g/mol. The van der Waals surface area contributed by atoms with E-state index in [2.05, 4.69) is 0 Å². The molecule has 0 amide bonds. The molecular formula is C10H12O4. The summed E-state index contributed by atoms with van der Waals surface area (Å²) in [5, 5.41) is 0. The van der Waals surface area contributed by atoms with Crippen molar-refractivity contribution in [1.29, 1.82) is 0 Å². The Balaban J connectivity index is 1.99. The van der Waals surface area contributed by atoms with Gasteiger partial charge in [-0.2, -0.15) is 0 Å². The maximum atomic E-state index is 10.7. The molecule has 0 aromatic carbocycles. The van der Waals surface area contributed by atoms with Crippen molar-refractivity contribution in [3.8, 4) is 0 Å². The van der Waals surface area contributed by atoms with Gasteiger partial charge < -0.3 is 14.2 Å². The van der Waals surface area contributed by atoms with Gasteiger partial charge in [0.15, 0.2) is 5.79 Å². The highest BCUT2D eigenvalue weighted by atomic mass is 16.7. The molecule has 0 unspecified atom stereocenters. The highest BCUT2D eigenvalue weighted by molar-refractivity contribution is 5.86. The summed E-state index contributed by atoms with van der Waals surface area (Å²) in [4.78, 5) is 10.7. The van der Waals surface area contributed by atoms with E-state index in [1.54, 1.807) is 12.2 Å². The van der Waals surface area contributed by atoms with Gasteiger partial charge in [-0.3, -0.25) is 0 Å². The minimum absolute atomic E-state index is 0.143. The lowest BCUT2D eigenvalue weighted by Crippen LogP contribution is -2.20. The molecule has 1 atom stereocenters. The standard InChI is InChI=1S/C10H12O4/c1-10(2)12-6-8(14-10)5-7-3-4-9(11)13-7/h3-5,8H,6H2,1-2H3/b7-5-/t8-/m1/s1. The number of hydrogen-bond donors (Lipinski definition) is 0. The second kappa shape index (κ2) is 3.22. The van der Waals surface area contributed by atoms with Crippen LogP contribution in [0.15, 0.2) is 24.0 Å². The van der Waals surface area contributed by atoms with E-state index in [0.717, 1.165) is 0 Å². The van der Waals surface area contributed by atoms with E-state index in [9.17, 15) is 4.79 Å². The summed E-state index contributed by atoms with van der Waals surface area (Å²) in [6, 6.07) is 0. The third-order valence-corrected chi connectivity index (χ3v) is 1.98. The van der Waals surface area contributed by atoms with Gasteiger partial charge in [0.1, 0.15) is 11.9 Å². The van der Waals surface area contributed by atoms with E-state index >= 15 is 0 Å². The van der Waals surface area contributed by atoms with Gasteiger partial charge in [0, 0.05) is 6.08 Å². The molecule has 14 heavy (non-hydrogen) atoms. The number of carbonyl (C=O) groups excluding carboxylic acids is 1. The number of rotatable bonds is 1. The van der Waals surface area contributed by atoms with Crippen LogP contribution in [0.2, 0.25) is 0 Å². The Kier molecular flexibility index (Phi) is 2.17. The quantitative estimate of drug-likeness (QED) is 0.590. The highest BCUT2D eigenvalue weighted by Gasteiger charge is 2.32. The number of ether oxygens (including phenoxy) is 3. The fourth-order valence-electron chi connectivity index (χ4n) is 1.40. The van der Waals surface area contributed by atoms with Gasteiger partial charge >= 0.3 is 5.97 Å². The van der Waals surface area contributed by atoms with Crippen LogP contribution in [0.5, 0.6) is 0 Å². The fourth-order valence-corrected chi connectivity index (χ4v) is 1.40. The van der Waals surface area contributed by atoms with Crippen LogP contribution in [0, 0.1) is 0 Å². The van der Waals surface area contributed by atoms with Crippen LogP contribution < -0.4 is 0 Å². The predicted molar refractivity (Wildman–Crippen MR) is 48.2 cm³/mol. The molecule has 2 aliphatic heterocycles. The molecule has 0 saturated carbocycles. The third kappa shape index (κ3) is 2.02. The Labute approximate surface area is 82.1 Å². The Bertz CT molecular complexity index is 314. The van der Waals surface area contributed by atoms with Crippen LogP contribution in [-0.4, -0.2) is 24.5 Å². The van der Waals surface area contributed by atoms with E-state index in [1.807, 2.05) is 13.8 Å². The Morgan fingerprint density at radius 3 is 2.79 bits per heavy atom. The number of esters is 1. The zero-order valence-corrected chi connectivity index (χ0v) is 8.15. The minimum Gasteiger partial charge on any atom is -0.424 e. The first kappa shape index (κ1) is 9.43. The normalized spacial score (nSPS) is 32.6. The minimum atomic E-state index is -0.548. The molecule has 0 aliphatic carbocycles. The molecule has 0 bridgehead atoms. The van der Waals surface area contributed by atoms with Gasteiger partial charge in [0.25, 0.3) is 0 Å². The molecule has 1 saturated heterocycles. The summed E-state index contributed by atoms with van der Waals surface area (Å²) in [7, 11) is 0. The van der Waals surface area contributed by atoms with Crippen LogP contribution in [0.4, 0.5) is 0 Å². The Morgan fingerprint density at radius 1 is 1.50 bits per heavy atom. The lowest BCUT2D eigenvalue weighted by atomic mass is 10.3. The van der Waals surface area contributed by atoms with Crippen LogP contribution in [0.25, 0.3) is 0 Å². The summed E-state index contributed by atoms with van der Waals surface area (Å²) in [6.07, 6.45) is 4.61. The topological polar surface area (TPSA) is 44.8 Å². The summed E-state index contributed by atoms with van der Waals surface area (Å²) in [6.45, 7) is 4.19. The molecule has 2 heterocycles. The molecule has 1 fully saturated rings. The molecule has 4 heteroatoms. The second-order valence-electron chi connectivity index (χ2n) is 3.69. The maximum absolute atomic E-state index is 10.7. The lowest BCUT2D eigenvalue weighted by molar-refractivity contribution is -0.134. The van der Waals surface area contributed by atoms with Crippen molar-refractivity contribution in [1.82, 2.24) is 0 Å². The van der Waals surface area contributed by atoms with Crippen LogP contribution in [0.1, 0.15) is 13.8 Å². The molecule has 0 aromatic heterocycles. The van der Waals surface area contributed by atoms with Crippen molar-refractivity contribution in [3.63, 3.8) is 0 Å². The zero-order chi connectivity index (χ0) is 10.2. The number of cyclic esters (lactones) is 1. The van der Waals surface area contributed by atoms with E-state index in [1.165, 1.54) is 6.08 Å². The van der Waals surface area contributed by atoms with E-state index in [4.69, 9.17) is 14.2 Å². The molecule has 0 aromatic rings. The molecule has 2 rings (SSSR count). The van der Waals surface area contributed by atoms with Gasteiger partial charge in [-0.25, -0.2) is 4.79 Å². The molecule has 0 N–H and O–H groups in total. The van der Waals surface area contributed by atoms with Crippen molar-refractivity contribution in [2.24, 2.45) is 0 Å². The Morgan fingerprint density at radius 2 is 2.29 bits per heavy atom. The number of carbonyl (C=O) groups is 1. The molecule has 4 nitrogen and oxygen atoms in total. The van der Waals surface area contributed by atoms with Crippen molar-refractivity contribution in [3.05, 3.63) is 24.0 Å². The molecule has 0 spiro atoms. The number of hydrogen-bond acceptors (Lipinski definition) is 4. The zero-order valence-electron chi connectivity index (χ0n) is 8.15. The fraction of sp³-hybridized carbons (Fsp3) is 0.500. The van der Waals surface area contributed by atoms with Gasteiger partial charge in [0.05, 0.1) is 6.61 Å². The molecular weight excluding hydrogens is 184 g/mol. The van der Waals surface area contributed by atoms with Crippen molar-refractivity contribution < 1.29 is 19.0 Å². The van der Waals surface area contributed by atoms with Crippen molar-refractivity contribution in [2.75, 3.05) is 6.61 Å². The first-order chi connectivity index (χ1) is 6.55. The summed E-state index contributed by atoms with van der Waals surface area (Å²) < 4.78 is 15.7. The van der Waals surface area contributed by atoms with Crippen molar-refractivity contribution in [2.45, 2.75) is 25.7 Å². The Hall–Kier alpha value is -1.13. The molecule has 76 valence electrons. The van der Waals surface area contributed by atoms with E-state index in [-0.39, 0.29) is 12.1 Å². The first-order valence-corrected chi connectivity index (χ1v) is 4.49. The van der Waals surface area contributed by atoms with Gasteiger partial charge in [-0.1, -0.05) is 0 Å². The largest absolute Gasteiger partial charge is 0.424 e. The third-order valence-electron chi connectivity index (χ3n) is 1.98. The van der Waals surface area contributed by atoms with Crippen LogP contribution in [-0.2, 0) is 19.0 Å². The summed E-state index contributed by atoms with van der Waals surface area (Å²) in [5.41, 5.74) is 0. The lowest BCUT2D eigenvalue weighted by Gasteiger charge is -2.15. The average Bonchev–Trinajstić information content (AvgIpc) is 2.59. The second-order valence-corrected chi connectivity index (χ2v) is 3.69. The van der Waals surface area contributed by atoms with E-state index in [0.29, 0.717) is 12.4 Å². The summed E-state index contributed by atoms with van der Waals surface area (Å²) >= 11 is 0. The highest BCUT2D eigenvalue weighted by Crippen LogP contribution is 2.24. The van der Waals surface area contributed by atoms with Crippen molar-refractivity contribution >= 4 is 5.97 Å². The molecule has 2 aliphatic rings. The summed E-state index contributed by atoms with van der Waals surface area (Å²) in [5.74, 6) is -0.357. The smallest absolute Gasteiger partial charge is 0.336 e. The van der Waals surface area contributed by atoms with Gasteiger partial charge in [-0.15, -0.1) is 0 Å². The van der Waals surface area contributed by atoms with Crippen LogP contribution >= 0.6 is 0 Å². The SMILES string of the molecule is CC1(C)OC[C@@H](/C=C2/C=CC(=O)O2)O1. The first-order valence-electron chi connectivity index (χ1n) is 4.49. The predicted octanol–water partition coefficient (Wildman–Crippen LogP) is 1.13. The molecule has 0 radical (unpaired) electrons. The van der Waals surface area contributed by atoms with Gasteiger partial charge in [0.2, 0.25) is 0 Å². The van der Waals surface area contributed by atoms with Gasteiger partial charge in [-0.05, 0) is 26.0 Å². The maximum Gasteiger partial charge on any atom is 0.336 e.